The first-order valence-electron chi connectivity index (χ1n) is 7.45. The molecule has 0 atom stereocenters. The molecule has 0 aliphatic rings. The molecule has 0 unspecified atom stereocenters. The molecule has 0 aliphatic carbocycles. The number of hydrogen-bond donors (Lipinski definition) is 0. The summed E-state index contributed by atoms with van der Waals surface area (Å²) in [4.78, 5) is 17.7. The topological polar surface area (TPSA) is 34.9 Å². The van der Waals surface area contributed by atoms with E-state index in [1.54, 1.807) is 16.3 Å². The third-order valence-corrected chi connectivity index (χ3v) is 5.07. The highest BCUT2D eigenvalue weighted by atomic mass is 127. The van der Waals surface area contributed by atoms with Crippen molar-refractivity contribution in [3.05, 3.63) is 68.0 Å². The second-order valence-electron chi connectivity index (χ2n) is 5.60. The maximum Gasteiger partial charge on any atom is 0.262 e. The zero-order valence-corrected chi connectivity index (χ0v) is 16.0. The van der Waals surface area contributed by atoms with Crippen molar-refractivity contribution in [3.63, 3.8) is 0 Å². The largest absolute Gasteiger partial charge is 0.283 e. The summed E-state index contributed by atoms with van der Waals surface area (Å²) < 4.78 is 2.84. The molecular formula is C18H17IN2OS. The first kappa shape index (κ1) is 16.5. The Hall–Kier alpha value is -1.34. The van der Waals surface area contributed by atoms with Crippen LogP contribution in [-0.4, -0.2) is 14.8 Å². The van der Waals surface area contributed by atoms with E-state index in [2.05, 4.69) is 36.4 Å². The third kappa shape index (κ3) is 3.77. The van der Waals surface area contributed by atoms with Crippen molar-refractivity contribution in [1.29, 1.82) is 0 Å². The Balaban J connectivity index is 2.19. The van der Waals surface area contributed by atoms with E-state index < -0.39 is 0 Å². The number of thioether (sulfide) groups is 1. The van der Waals surface area contributed by atoms with Gasteiger partial charge >= 0.3 is 0 Å². The molecule has 23 heavy (non-hydrogen) atoms. The first-order valence-corrected chi connectivity index (χ1v) is 9.41. The minimum atomic E-state index is 0.0283. The molecule has 0 aliphatic heterocycles. The average molecular weight is 436 g/mol. The first-order chi connectivity index (χ1) is 11.0. The van der Waals surface area contributed by atoms with Crippen molar-refractivity contribution in [2.45, 2.75) is 30.8 Å². The van der Waals surface area contributed by atoms with Gasteiger partial charge < -0.3 is 0 Å². The number of fused-ring (bicyclic) bond motifs is 1. The second kappa shape index (κ2) is 7.05. The van der Waals surface area contributed by atoms with Crippen LogP contribution in [0.15, 0.2) is 58.5 Å². The number of rotatable bonds is 4. The van der Waals surface area contributed by atoms with Crippen LogP contribution in [0.5, 0.6) is 0 Å². The standard InChI is InChI=1S/C18H17IN2OS/c1-12(2)23-18-20-16-9-8-14(19)10-15(16)17(22)21(18)11-13-6-4-3-5-7-13/h3-10,12H,11H2,1-2H3. The Labute approximate surface area is 153 Å². The average Bonchev–Trinajstić information content (AvgIpc) is 2.52. The van der Waals surface area contributed by atoms with Crippen LogP contribution in [0.4, 0.5) is 0 Å². The van der Waals surface area contributed by atoms with Crippen LogP contribution in [0.25, 0.3) is 10.9 Å². The van der Waals surface area contributed by atoms with Gasteiger partial charge in [-0.3, -0.25) is 9.36 Å². The normalized spacial score (nSPS) is 11.3. The van der Waals surface area contributed by atoms with Gasteiger partial charge in [-0.2, -0.15) is 0 Å². The van der Waals surface area contributed by atoms with Crippen LogP contribution >= 0.6 is 34.4 Å². The van der Waals surface area contributed by atoms with Gasteiger partial charge in [0.1, 0.15) is 0 Å². The quantitative estimate of drug-likeness (QED) is 0.342. The van der Waals surface area contributed by atoms with Crippen molar-refractivity contribution < 1.29 is 0 Å². The third-order valence-electron chi connectivity index (χ3n) is 3.41. The Morgan fingerprint density at radius 2 is 1.91 bits per heavy atom. The van der Waals surface area contributed by atoms with Gasteiger partial charge in [0.25, 0.3) is 5.56 Å². The highest BCUT2D eigenvalue weighted by molar-refractivity contribution is 14.1. The van der Waals surface area contributed by atoms with Crippen LogP contribution < -0.4 is 5.56 Å². The summed E-state index contributed by atoms with van der Waals surface area (Å²) in [7, 11) is 0. The molecule has 0 bridgehead atoms. The van der Waals surface area contributed by atoms with Gasteiger partial charge in [-0.25, -0.2) is 4.98 Å². The SMILES string of the molecule is CC(C)Sc1nc2ccc(I)cc2c(=O)n1Cc1ccccc1. The van der Waals surface area contributed by atoms with Crippen LogP contribution in [0.3, 0.4) is 0 Å². The van der Waals surface area contributed by atoms with E-state index in [1.165, 1.54) is 0 Å². The molecule has 3 rings (SSSR count). The summed E-state index contributed by atoms with van der Waals surface area (Å²) >= 11 is 3.85. The molecule has 0 saturated carbocycles. The highest BCUT2D eigenvalue weighted by Gasteiger charge is 2.13. The summed E-state index contributed by atoms with van der Waals surface area (Å²) in [5.41, 5.74) is 1.90. The molecule has 0 amide bonds. The smallest absolute Gasteiger partial charge is 0.262 e. The van der Waals surface area contributed by atoms with Crippen LogP contribution in [0, 0.1) is 3.57 Å². The number of nitrogens with zero attached hydrogens (tertiary/aromatic N) is 2. The maximum atomic E-state index is 13.0. The van der Waals surface area contributed by atoms with Gasteiger partial charge in [0, 0.05) is 8.82 Å². The minimum absolute atomic E-state index is 0.0283. The van der Waals surface area contributed by atoms with Gasteiger partial charge in [0.15, 0.2) is 5.16 Å². The molecule has 1 heterocycles. The van der Waals surface area contributed by atoms with E-state index in [1.807, 2.05) is 48.5 Å². The zero-order chi connectivity index (χ0) is 16.4. The Bertz CT molecular complexity index is 891. The monoisotopic (exact) mass is 436 g/mol. The summed E-state index contributed by atoms with van der Waals surface area (Å²) in [6.07, 6.45) is 0. The molecule has 0 saturated heterocycles. The van der Waals surface area contributed by atoms with Gasteiger partial charge in [0.2, 0.25) is 0 Å². The molecule has 5 heteroatoms. The van der Waals surface area contributed by atoms with Gasteiger partial charge in [-0.1, -0.05) is 55.9 Å². The fourth-order valence-corrected chi connectivity index (χ4v) is 3.72. The lowest BCUT2D eigenvalue weighted by Gasteiger charge is -2.14. The molecule has 2 aromatic carbocycles. The Morgan fingerprint density at radius 3 is 2.61 bits per heavy atom. The lowest BCUT2D eigenvalue weighted by molar-refractivity contribution is 0.657. The van der Waals surface area contributed by atoms with E-state index in [0.29, 0.717) is 17.2 Å². The lowest BCUT2D eigenvalue weighted by Crippen LogP contribution is -2.24. The molecule has 1 aromatic heterocycles. The predicted molar refractivity (Wildman–Crippen MR) is 105 cm³/mol. The summed E-state index contributed by atoms with van der Waals surface area (Å²) in [6, 6.07) is 15.9. The highest BCUT2D eigenvalue weighted by Crippen LogP contribution is 2.23. The molecule has 118 valence electrons. The molecule has 3 nitrogen and oxygen atoms in total. The van der Waals surface area contributed by atoms with Gasteiger partial charge in [0.05, 0.1) is 17.4 Å². The Kier molecular flexibility index (Phi) is 5.06. The predicted octanol–water partition coefficient (Wildman–Crippen LogP) is 4.55. The number of hydrogen-bond acceptors (Lipinski definition) is 3. The molecule has 0 fully saturated rings. The minimum Gasteiger partial charge on any atom is -0.283 e. The lowest BCUT2D eigenvalue weighted by atomic mass is 10.2. The van der Waals surface area contributed by atoms with Gasteiger partial charge in [-0.15, -0.1) is 0 Å². The van der Waals surface area contributed by atoms with Crippen molar-refractivity contribution in [3.8, 4) is 0 Å². The number of benzene rings is 2. The van der Waals surface area contributed by atoms with Crippen LogP contribution in [0.1, 0.15) is 19.4 Å². The van der Waals surface area contributed by atoms with E-state index in [-0.39, 0.29) is 5.56 Å². The molecule has 0 N–H and O–H groups in total. The molecule has 0 radical (unpaired) electrons. The van der Waals surface area contributed by atoms with Crippen molar-refractivity contribution in [2.75, 3.05) is 0 Å². The van der Waals surface area contributed by atoms with E-state index in [4.69, 9.17) is 4.98 Å². The summed E-state index contributed by atoms with van der Waals surface area (Å²) in [5, 5.41) is 1.83. The number of aromatic nitrogens is 2. The Morgan fingerprint density at radius 1 is 1.17 bits per heavy atom. The van der Waals surface area contributed by atoms with Crippen LogP contribution in [-0.2, 0) is 6.54 Å². The van der Waals surface area contributed by atoms with Crippen molar-refractivity contribution in [2.24, 2.45) is 0 Å². The van der Waals surface area contributed by atoms with Gasteiger partial charge in [-0.05, 0) is 46.4 Å². The molecule has 3 aromatic rings. The summed E-state index contributed by atoms with van der Waals surface area (Å²) in [5.74, 6) is 0. The van der Waals surface area contributed by atoms with E-state index >= 15 is 0 Å². The van der Waals surface area contributed by atoms with Crippen molar-refractivity contribution in [1.82, 2.24) is 9.55 Å². The second-order valence-corrected chi connectivity index (χ2v) is 8.39. The maximum absolute atomic E-state index is 13.0. The van der Waals surface area contributed by atoms with E-state index in [0.717, 1.165) is 19.8 Å². The fourth-order valence-electron chi connectivity index (χ4n) is 2.38. The molecular weight excluding hydrogens is 419 g/mol. The van der Waals surface area contributed by atoms with E-state index in [9.17, 15) is 4.79 Å². The fraction of sp³-hybridized carbons (Fsp3) is 0.222. The zero-order valence-electron chi connectivity index (χ0n) is 13.0. The summed E-state index contributed by atoms with van der Waals surface area (Å²) in [6.45, 7) is 4.77. The number of halogens is 1. The van der Waals surface area contributed by atoms with Crippen LogP contribution in [0.2, 0.25) is 0 Å². The molecule has 0 spiro atoms. The van der Waals surface area contributed by atoms with Crippen molar-refractivity contribution >= 4 is 45.3 Å².